The lowest BCUT2D eigenvalue weighted by Gasteiger charge is -2.09. The van der Waals surface area contributed by atoms with Gasteiger partial charge in [-0.05, 0) is 36.5 Å². The number of hydrogen-bond acceptors (Lipinski definition) is 2. The van der Waals surface area contributed by atoms with Crippen LogP contribution < -0.4 is 5.73 Å². The maximum atomic E-state index is 6.23. The van der Waals surface area contributed by atoms with Crippen LogP contribution in [0.3, 0.4) is 0 Å². The van der Waals surface area contributed by atoms with Gasteiger partial charge in [-0.25, -0.2) is 0 Å². The fourth-order valence-corrected chi connectivity index (χ4v) is 3.56. The quantitative estimate of drug-likeness (QED) is 0.907. The Morgan fingerprint density at radius 2 is 2.10 bits per heavy atom. The molecule has 3 rings (SSSR count). The number of aromatic nitrogens is 2. The second-order valence-corrected chi connectivity index (χ2v) is 6.47. The van der Waals surface area contributed by atoms with E-state index in [2.05, 4.69) is 11.2 Å². The first kappa shape index (κ1) is 14.5. The van der Waals surface area contributed by atoms with Crippen molar-refractivity contribution in [3.05, 3.63) is 35.0 Å². The summed E-state index contributed by atoms with van der Waals surface area (Å²) < 4.78 is 1.78. The predicted octanol–water partition coefficient (Wildman–Crippen LogP) is 4.45. The molecule has 0 amide bonds. The Morgan fingerprint density at radius 1 is 1.33 bits per heavy atom. The average Bonchev–Trinajstić information content (AvgIpc) is 3.06. The van der Waals surface area contributed by atoms with E-state index < -0.39 is 0 Å². The number of aryl methyl sites for hydroxylation is 2. The second kappa shape index (κ2) is 6.10. The minimum atomic E-state index is 0.721. The third-order valence-electron chi connectivity index (χ3n) is 4.54. The first-order valence-corrected chi connectivity index (χ1v) is 8.10. The number of nitrogens with zero attached hydrogens (tertiary/aromatic N) is 2. The van der Waals surface area contributed by atoms with Gasteiger partial charge in [-0.2, -0.15) is 5.10 Å². The Bertz CT molecular complexity index is 627. The largest absolute Gasteiger partial charge is 0.383 e. The molecule has 21 heavy (non-hydrogen) atoms. The molecule has 1 saturated carbocycles. The molecule has 1 aliphatic carbocycles. The normalized spacial score (nSPS) is 15.7. The van der Waals surface area contributed by atoms with Crippen LogP contribution in [0.2, 0.25) is 5.02 Å². The van der Waals surface area contributed by atoms with Gasteiger partial charge in [0, 0.05) is 17.6 Å². The number of nitrogens with two attached hydrogens (primary N) is 1. The molecule has 0 atom stereocenters. The molecule has 1 aromatic carbocycles. The molecule has 1 heterocycles. The summed E-state index contributed by atoms with van der Waals surface area (Å²) in [5.41, 5.74) is 9.45. The fourth-order valence-electron chi connectivity index (χ4n) is 3.37. The maximum Gasteiger partial charge on any atom is 0.129 e. The summed E-state index contributed by atoms with van der Waals surface area (Å²) in [6, 6.07) is 7.87. The van der Waals surface area contributed by atoms with Gasteiger partial charge in [-0.3, -0.25) is 4.68 Å². The number of hydrogen-bond donors (Lipinski definition) is 1. The lowest BCUT2D eigenvalue weighted by Crippen LogP contribution is -1.99. The monoisotopic (exact) mass is 303 g/mol. The van der Waals surface area contributed by atoms with Gasteiger partial charge in [0.05, 0.1) is 5.69 Å². The molecule has 1 aromatic heterocycles. The SMILES string of the molecule is Cn1nc(CCC2CCCC2)c(-c2cccc(Cl)c2)c1N. The average molecular weight is 304 g/mol. The van der Waals surface area contributed by atoms with E-state index in [0.717, 1.165) is 40.0 Å². The highest BCUT2D eigenvalue weighted by molar-refractivity contribution is 6.30. The molecule has 3 nitrogen and oxygen atoms in total. The molecule has 1 aliphatic rings. The van der Waals surface area contributed by atoms with Crippen molar-refractivity contribution in [2.45, 2.75) is 38.5 Å². The van der Waals surface area contributed by atoms with Crippen LogP contribution in [0.5, 0.6) is 0 Å². The van der Waals surface area contributed by atoms with Gasteiger partial charge in [0.25, 0.3) is 0 Å². The Labute approximate surface area is 131 Å². The van der Waals surface area contributed by atoms with E-state index in [9.17, 15) is 0 Å². The van der Waals surface area contributed by atoms with Crippen molar-refractivity contribution in [1.29, 1.82) is 0 Å². The van der Waals surface area contributed by atoms with Crippen molar-refractivity contribution in [2.75, 3.05) is 5.73 Å². The second-order valence-electron chi connectivity index (χ2n) is 6.03. The van der Waals surface area contributed by atoms with Crippen LogP contribution >= 0.6 is 11.6 Å². The summed E-state index contributed by atoms with van der Waals surface area (Å²) in [6.07, 6.45) is 7.72. The lowest BCUT2D eigenvalue weighted by atomic mass is 9.97. The molecule has 0 radical (unpaired) electrons. The summed E-state index contributed by atoms with van der Waals surface area (Å²) in [7, 11) is 1.91. The molecular weight excluding hydrogens is 282 g/mol. The van der Waals surface area contributed by atoms with Gasteiger partial charge in [0.15, 0.2) is 0 Å². The molecule has 0 saturated heterocycles. The molecule has 0 spiro atoms. The first-order chi connectivity index (χ1) is 10.1. The summed E-state index contributed by atoms with van der Waals surface area (Å²) in [5.74, 6) is 1.58. The van der Waals surface area contributed by atoms with Crippen molar-refractivity contribution >= 4 is 17.4 Å². The number of halogens is 1. The molecular formula is C17H22ClN3. The summed E-state index contributed by atoms with van der Waals surface area (Å²) in [5, 5.41) is 5.36. The van der Waals surface area contributed by atoms with Crippen LogP contribution in [0.4, 0.5) is 5.82 Å². The number of benzene rings is 1. The molecule has 4 heteroatoms. The van der Waals surface area contributed by atoms with Crippen LogP contribution in [-0.2, 0) is 13.5 Å². The number of anilines is 1. The highest BCUT2D eigenvalue weighted by Gasteiger charge is 2.19. The zero-order valence-electron chi connectivity index (χ0n) is 12.5. The predicted molar refractivity (Wildman–Crippen MR) is 88.3 cm³/mol. The minimum absolute atomic E-state index is 0.721. The van der Waals surface area contributed by atoms with E-state index in [4.69, 9.17) is 17.3 Å². The highest BCUT2D eigenvalue weighted by Crippen LogP contribution is 2.34. The topological polar surface area (TPSA) is 43.8 Å². The van der Waals surface area contributed by atoms with E-state index in [1.807, 2.05) is 25.2 Å². The Balaban J connectivity index is 1.88. The molecule has 112 valence electrons. The zero-order chi connectivity index (χ0) is 14.8. The van der Waals surface area contributed by atoms with Crippen LogP contribution in [0.1, 0.15) is 37.8 Å². The van der Waals surface area contributed by atoms with E-state index in [0.29, 0.717) is 0 Å². The van der Waals surface area contributed by atoms with Crippen molar-refractivity contribution in [2.24, 2.45) is 13.0 Å². The van der Waals surface area contributed by atoms with Gasteiger partial charge in [0.2, 0.25) is 0 Å². The molecule has 0 bridgehead atoms. The molecule has 0 aliphatic heterocycles. The smallest absolute Gasteiger partial charge is 0.129 e. The lowest BCUT2D eigenvalue weighted by molar-refractivity contribution is 0.499. The molecule has 0 unspecified atom stereocenters. The van der Waals surface area contributed by atoms with Gasteiger partial charge in [0.1, 0.15) is 5.82 Å². The van der Waals surface area contributed by atoms with E-state index in [1.165, 1.54) is 32.1 Å². The van der Waals surface area contributed by atoms with E-state index >= 15 is 0 Å². The maximum absolute atomic E-state index is 6.23. The van der Waals surface area contributed by atoms with Crippen LogP contribution in [-0.4, -0.2) is 9.78 Å². The summed E-state index contributed by atoms with van der Waals surface area (Å²) in [6.45, 7) is 0. The Morgan fingerprint density at radius 3 is 2.81 bits per heavy atom. The van der Waals surface area contributed by atoms with E-state index in [-0.39, 0.29) is 0 Å². The van der Waals surface area contributed by atoms with Crippen LogP contribution in [0.15, 0.2) is 24.3 Å². The fraction of sp³-hybridized carbons (Fsp3) is 0.471. The molecule has 2 aromatic rings. The Kier molecular flexibility index (Phi) is 4.20. The summed E-state index contributed by atoms with van der Waals surface area (Å²) >= 11 is 6.12. The number of rotatable bonds is 4. The van der Waals surface area contributed by atoms with Gasteiger partial charge >= 0.3 is 0 Å². The van der Waals surface area contributed by atoms with Crippen molar-refractivity contribution in [1.82, 2.24) is 9.78 Å². The van der Waals surface area contributed by atoms with Crippen LogP contribution in [0.25, 0.3) is 11.1 Å². The third-order valence-corrected chi connectivity index (χ3v) is 4.78. The van der Waals surface area contributed by atoms with Crippen molar-refractivity contribution in [3.63, 3.8) is 0 Å². The zero-order valence-corrected chi connectivity index (χ0v) is 13.2. The van der Waals surface area contributed by atoms with Gasteiger partial charge < -0.3 is 5.73 Å². The van der Waals surface area contributed by atoms with Crippen molar-refractivity contribution < 1.29 is 0 Å². The molecule has 1 fully saturated rings. The number of nitrogen functional groups attached to an aromatic ring is 1. The summed E-state index contributed by atoms with van der Waals surface area (Å²) in [4.78, 5) is 0. The highest BCUT2D eigenvalue weighted by atomic mass is 35.5. The Hall–Kier alpha value is -1.48. The van der Waals surface area contributed by atoms with E-state index in [1.54, 1.807) is 4.68 Å². The standard InChI is InChI=1S/C17H22ClN3/c1-21-17(19)16(13-7-4-8-14(18)11-13)15(20-21)10-9-12-5-2-3-6-12/h4,7-8,11-12H,2-3,5-6,9-10,19H2,1H3. The molecule has 2 N–H and O–H groups in total. The first-order valence-electron chi connectivity index (χ1n) is 7.72. The van der Waals surface area contributed by atoms with Crippen LogP contribution in [0, 0.1) is 5.92 Å². The van der Waals surface area contributed by atoms with Gasteiger partial charge in [-0.15, -0.1) is 0 Å². The third kappa shape index (κ3) is 3.08. The minimum Gasteiger partial charge on any atom is -0.383 e. The van der Waals surface area contributed by atoms with Crippen molar-refractivity contribution in [3.8, 4) is 11.1 Å². The van der Waals surface area contributed by atoms with Gasteiger partial charge in [-0.1, -0.05) is 49.4 Å².